The minimum Gasteiger partial charge on any atom is -0.497 e. The Morgan fingerprint density at radius 1 is 1.00 bits per heavy atom. The van der Waals surface area contributed by atoms with Crippen LogP contribution >= 0.6 is 15.9 Å². The van der Waals surface area contributed by atoms with Crippen LogP contribution in [0.25, 0.3) is 10.9 Å². The molecular weight excluding hydrogens is 534 g/mol. The predicted molar refractivity (Wildman–Crippen MR) is 125 cm³/mol. The first-order valence-electron chi connectivity index (χ1n) is 10.00. The maximum absolute atomic E-state index is 13.9. The van der Waals surface area contributed by atoms with Gasteiger partial charge in [0, 0.05) is 6.07 Å². The van der Waals surface area contributed by atoms with Gasteiger partial charge in [-0.2, -0.15) is 8.42 Å². The van der Waals surface area contributed by atoms with E-state index in [1.165, 1.54) is 19.2 Å². The summed E-state index contributed by atoms with van der Waals surface area (Å²) in [4.78, 5) is 0.0739. The second kappa shape index (κ2) is 9.59. The molecule has 0 spiro atoms. The van der Waals surface area contributed by atoms with Crippen molar-refractivity contribution < 1.29 is 31.4 Å². The Morgan fingerprint density at radius 3 is 2.38 bits per heavy atom. The second-order valence-electron chi connectivity index (χ2n) is 7.24. The molecule has 0 atom stereocenters. The van der Waals surface area contributed by atoms with Gasteiger partial charge in [-0.25, -0.2) is 8.78 Å². The number of methoxy groups -OCH3 is 1. The molecule has 178 valence electrons. The largest absolute Gasteiger partial charge is 0.497 e. The SMILES string of the molecule is COc1ccc2c(c1)c(OCCOc1c(F)cc(F)cc1Br)nn2S(=O)(=O)c1ccc(C)cc1. The third kappa shape index (κ3) is 4.71. The lowest BCUT2D eigenvalue weighted by Crippen LogP contribution is -2.15. The monoisotopic (exact) mass is 552 g/mol. The van der Waals surface area contributed by atoms with E-state index in [2.05, 4.69) is 21.0 Å². The molecule has 11 heteroatoms. The number of rotatable bonds is 8. The Kier molecular flexibility index (Phi) is 6.76. The van der Waals surface area contributed by atoms with Crippen molar-refractivity contribution in [3.63, 3.8) is 0 Å². The van der Waals surface area contributed by atoms with E-state index in [1.54, 1.807) is 30.3 Å². The molecule has 0 saturated carbocycles. The predicted octanol–water partition coefficient (Wildman–Crippen LogP) is 5.09. The first-order chi connectivity index (χ1) is 16.2. The number of nitrogens with zero attached hydrogens (tertiary/aromatic N) is 2. The highest BCUT2D eigenvalue weighted by molar-refractivity contribution is 9.10. The van der Waals surface area contributed by atoms with E-state index in [4.69, 9.17) is 14.2 Å². The van der Waals surface area contributed by atoms with Crippen LogP contribution in [0.1, 0.15) is 5.56 Å². The maximum atomic E-state index is 13.9. The standard InChI is InChI=1S/C23H19BrF2N2O5S/c1-14-3-6-17(7-4-14)34(29,30)28-21-8-5-16(31-2)13-18(21)23(27-28)33-10-9-32-22-19(24)11-15(25)12-20(22)26/h3-8,11-13H,9-10H2,1-2H3. The molecule has 7 nitrogen and oxygen atoms in total. The summed E-state index contributed by atoms with van der Waals surface area (Å²) in [5.74, 6) is -1.25. The average molecular weight is 553 g/mol. The van der Waals surface area contributed by atoms with E-state index in [0.29, 0.717) is 22.7 Å². The van der Waals surface area contributed by atoms with Crippen molar-refractivity contribution in [2.45, 2.75) is 11.8 Å². The van der Waals surface area contributed by atoms with Crippen molar-refractivity contribution in [3.8, 4) is 17.4 Å². The van der Waals surface area contributed by atoms with Crippen LogP contribution < -0.4 is 14.2 Å². The van der Waals surface area contributed by atoms with Crippen LogP contribution in [0.5, 0.6) is 17.4 Å². The molecule has 0 aliphatic rings. The number of fused-ring (bicyclic) bond motifs is 1. The van der Waals surface area contributed by atoms with Crippen LogP contribution in [-0.4, -0.2) is 37.9 Å². The molecule has 0 fully saturated rings. The Balaban J connectivity index is 1.62. The van der Waals surface area contributed by atoms with Gasteiger partial charge in [0.2, 0.25) is 5.88 Å². The molecule has 0 saturated heterocycles. The van der Waals surface area contributed by atoms with Crippen LogP contribution in [0, 0.1) is 18.6 Å². The summed E-state index contributed by atoms with van der Waals surface area (Å²) in [7, 11) is -2.52. The number of benzene rings is 3. The number of aryl methyl sites for hydroxylation is 1. The van der Waals surface area contributed by atoms with E-state index >= 15 is 0 Å². The van der Waals surface area contributed by atoms with E-state index in [1.807, 2.05) is 6.92 Å². The van der Waals surface area contributed by atoms with Gasteiger partial charge in [0.15, 0.2) is 11.6 Å². The van der Waals surface area contributed by atoms with Gasteiger partial charge >= 0.3 is 0 Å². The van der Waals surface area contributed by atoms with Crippen LogP contribution in [0.4, 0.5) is 8.78 Å². The third-order valence-electron chi connectivity index (χ3n) is 4.90. The zero-order valence-corrected chi connectivity index (χ0v) is 20.5. The molecule has 0 N–H and O–H groups in total. The molecule has 34 heavy (non-hydrogen) atoms. The topological polar surface area (TPSA) is 79.7 Å². The minimum absolute atomic E-state index is 0.0341. The number of hydrogen-bond acceptors (Lipinski definition) is 6. The smallest absolute Gasteiger partial charge is 0.283 e. The van der Waals surface area contributed by atoms with Gasteiger partial charge in [0.05, 0.1) is 27.4 Å². The van der Waals surface area contributed by atoms with Crippen LogP contribution in [0.3, 0.4) is 0 Å². The Morgan fingerprint density at radius 2 is 1.71 bits per heavy atom. The molecule has 0 aliphatic heterocycles. The van der Waals surface area contributed by atoms with E-state index in [9.17, 15) is 17.2 Å². The van der Waals surface area contributed by atoms with E-state index in [-0.39, 0.29) is 34.2 Å². The lowest BCUT2D eigenvalue weighted by atomic mass is 10.2. The van der Waals surface area contributed by atoms with Gasteiger partial charge < -0.3 is 14.2 Å². The highest BCUT2D eigenvalue weighted by Crippen LogP contribution is 2.32. The maximum Gasteiger partial charge on any atom is 0.283 e. The van der Waals surface area contributed by atoms with Crippen molar-refractivity contribution in [2.24, 2.45) is 0 Å². The van der Waals surface area contributed by atoms with E-state index < -0.39 is 21.7 Å². The van der Waals surface area contributed by atoms with Crippen molar-refractivity contribution in [1.29, 1.82) is 0 Å². The fourth-order valence-corrected chi connectivity index (χ4v) is 5.02. The second-order valence-corrected chi connectivity index (χ2v) is 9.87. The summed E-state index contributed by atoms with van der Waals surface area (Å²) in [6, 6.07) is 13.0. The van der Waals surface area contributed by atoms with Crippen molar-refractivity contribution in [3.05, 3.63) is 76.3 Å². The molecule has 0 aliphatic carbocycles. The molecule has 0 radical (unpaired) electrons. The Labute approximate surface area is 203 Å². The molecule has 0 unspecified atom stereocenters. The van der Waals surface area contributed by atoms with E-state index in [0.717, 1.165) is 15.7 Å². The van der Waals surface area contributed by atoms with Gasteiger partial charge in [-0.15, -0.1) is 9.19 Å². The van der Waals surface area contributed by atoms with Crippen molar-refractivity contribution in [1.82, 2.24) is 9.19 Å². The van der Waals surface area contributed by atoms with Gasteiger partial charge in [-0.05, 0) is 59.3 Å². The van der Waals surface area contributed by atoms with Gasteiger partial charge in [-0.3, -0.25) is 0 Å². The molecule has 3 aromatic carbocycles. The fourth-order valence-electron chi connectivity index (χ4n) is 3.22. The molecule has 4 aromatic rings. The van der Waals surface area contributed by atoms with Crippen LogP contribution in [0.2, 0.25) is 0 Å². The number of aromatic nitrogens is 2. The lowest BCUT2D eigenvalue weighted by molar-refractivity contribution is 0.206. The highest BCUT2D eigenvalue weighted by atomic mass is 79.9. The molecule has 1 aromatic heterocycles. The third-order valence-corrected chi connectivity index (χ3v) is 7.09. The summed E-state index contributed by atoms with van der Waals surface area (Å²) in [5, 5.41) is 4.60. The first kappa shape index (κ1) is 24.0. The number of ether oxygens (including phenoxy) is 3. The number of hydrogen-bond donors (Lipinski definition) is 0. The van der Waals surface area contributed by atoms with Crippen molar-refractivity contribution >= 4 is 36.9 Å². The summed E-state index contributed by atoms with van der Waals surface area (Å²) < 4.78 is 71.0. The quantitative estimate of drug-likeness (QED) is 0.283. The highest BCUT2D eigenvalue weighted by Gasteiger charge is 2.24. The van der Waals surface area contributed by atoms with Gasteiger partial charge in [-0.1, -0.05) is 17.7 Å². The Bertz CT molecular complexity index is 1430. The molecule has 0 bridgehead atoms. The zero-order chi connectivity index (χ0) is 24.5. The summed E-state index contributed by atoms with van der Waals surface area (Å²) >= 11 is 3.05. The lowest BCUT2D eigenvalue weighted by Gasteiger charge is -2.10. The fraction of sp³-hybridized carbons (Fsp3) is 0.174. The summed E-state index contributed by atoms with van der Waals surface area (Å²) in [6.07, 6.45) is 0. The zero-order valence-electron chi connectivity index (χ0n) is 18.1. The molecular formula is C23H19BrF2N2O5S. The summed E-state index contributed by atoms with van der Waals surface area (Å²) in [6.45, 7) is 1.66. The molecule has 4 rings (SSSR count). The molecule has 0 amide bonds. The summed E-state index contributed by atoms with van der Waals surface area (Å²) in [5.41, 5.74) is 1.21. The van der Waals surface area contributed by atoms with Crippen LogP contribution in [0.15, 0.2) is 64.0 Å². The van der Waals surface area contributed by atoms with Crippen molar-refractivity contribution in [2.75, 3.05) is 20.3 Å². The normalized spacial score (nSPS) is 11.6. The first-order valence-corrected chi connectivity index (χ1v) is 12.2. The number of halogens is 3. The average Bonchev–Trinajstić information content (AvgIpc) is 3.16. The van der Waals surface area contributed by atoms with Gasteiger partial charge in [0.25, 0.3) is 10.0 Å². The van der Waals surface area contributed by atoms with Crippen LogP contribution in [-0.2, 0) is 10.0 Å². The Hall–Kier alpha value is -3.18. The molecule has 1 heterocycles. The van der Waals surface area contributed by atoms with Gasteiger partial charge in [0.1, 0.15) is 24.8 Å². The minimum atomic E-state index is -4.01.